The average molecular weight is 356 g/mol. The van der Waals surface area contributed by atoms with Crippen LogP contribution in [0.5, 0.6) is 5.75 Å². The number of anilines is 1. The Morgan fingerprint density at radius 1 is 1.04 bits per heavy atom. The van der Waals surface area contributed by atoms with Crippen LogP contribution in [0.4, 0.5) is 5.69 Å². The van der Waals surface area contributed by atoms with Crippen LogP contribution in [0.2, 0.25) is 0 Å². The monoisotopic (exact) mass is 356 g/mol. The number of benzene rings is 1. The minimum absolute atomic E-state index is 0.164. The van der Waals surface area contributed by atoms with E-state index >= 15 is 0 Å². The van der Waals surface area contributed by atoms with E-state index in [-0.39, 0.29) is 17.3 Å². The van der Waals surface area contributed by atoms with Gasteiger partial charge in [0.2, 0.25) is 0 Å². The Kier molecular flexibility index (Phi) is 7.11. The number of nitrogens with zero attached hydrogens (tertiary/aromatic N) is 2. The number of nitrogens with one attached hydrogen (secondary N) is 2. The number of methoxy groups -OCH3 is 1. The fourth-order valence-corrected chi connectivity index (χ4v) is 2.31. The molecule has 0 atom stereocenters. The number of hydrogen-bond acceptors (Lipinski definition) is 5. The van der Waals surface area contributed by atoms with Crippen molar-refractivity contribution in [3.8, 4) is 5.75 Å². The first-order valence-corrected chi connectivity index (χ1v) is 8.35. The molecule has 2 rings (SSSR count). The zero-order valence-electron chi connectivity index (χ0n) is 15.3. The number of carbonyl (C=O) groups excluding carboxylic acids is 2. The first kappa shape index (κ1) is 19.4. The zero-order valence-corrected chi connectivity index (χ0v) is 15.3. The Morgan fingerprint density at radius 3 is 2.42 bits per heavy atom. The summed E-state index contributed by atoms with van der Waals surface area (Å²) in [6.45, 7) is 1.44. The molecule has 7 heteroatoms. The van der Waals surface area contributed by atoms with Gasteiger partial charge in [0.15, 0.2) is 0 Å². The average Bonchev–Trinajstić information content (AvgIpc) is 2.65. The maximum atomic E-state index is 12.4. The van der Waals surface area contributed by atoms with Gasteiger partial charge < -0.3 is 20.3 Å². The van der Waals surface area contributed by atoms with Gasteiger partial charge in [-0.3, -0.25) is 9.59 Å². The fraction of sp³-hybridized carbons (Fsp3) is 0.316. The van der Waals surface area contributed by atoms with Crippen LogP contribution in [0.1, 0.15) is 27.4 Å². The lowest BCUT2D eigenvalue weighted by atomic mass is 10.2. The third kappa shape index (κ3) is 5.56. The van der Waals surface area contributed by atoms with Crippen molar-refractivity contribution < 1.29 is 14.3 Å². The topological polar surface area (TPSA) is 83.6 Å². The van der Waals surface area contributed by atoms with E-state index in [0.717, 1.165) is 13.0 Å². The predicted octanol–water partition coefficient (Wildman–Crippen LogP) is 2.02. The first-order chi connectivity index (χ1) is 12.5. The predicted molar refractivity (Wildman–Crippen MR) is 101 cm³/mol. The second kappa shape index (κ2) is 9.53. The molecule has 26 heavy (non-hydrogen) atoms. The standard InChI is InChI=1S/C19H24N4O3/c1-23(2)13-7-12-20-18(24)15-9-6-10-16(21-15)19(25)22-14-8-4-5-11-17(14)26-3/h4-6,8-11H,7,12-13H2,1-3H3,(H,20,24)(H,22,25). The molecule has 2 N–H and O–H groups in total. The van der Waals surface area contributed by atoms with Gasteiger partial charge in [0.1, 0.15) is 17.1 Å². The summed E-state index contributed by atoms with van der Waals surface area (Å²) in [7, 11) is 5.49. The smallest absolute Gasteiger partial charge is 0.274 e. The number of aromatic nitrogens is 1. The Hall–Kier alpha value is -2.93. The van der Waals surface area contributed by atoms with Crippen molar-refractivity contribution in [1.29, 1.82) is 0 Å². The first-order valence-electron chi connectivity index (χ1n) is 8.35. The van der Waals surface area contributed by atoms with Gasteiger partial charge in [0.05, 0.1) is 12.8 Å². The summed E-state index contributed by atoms with van der Waals surface area (Å²) >= 11 is 0. The molecular weight excluding hydrogens is 332 g/mol. The minimum Gasteiger partial charge on any atom is -0.495 e. The summed E-state index contributed by atoms with van der Waals surface area (Å²) in [5, 5.41) is 5.55. The molecule has 2 aromatic rings. The summed E-state index contributed by atoms with van der Waals surface area (Å²) in [5.74, 6) is -0.150. The number of carbonyl (C=O) groups is 2. The lowest BCUT2D eigenvalue weighted by Crippen LogP contribution is -2.28. The van der Waals surface area contributed by atoms with E-state index in [1.54, 1.807) is 36.4 Å². The SMILES string of the molecule is COc1ccccc1NC(=O)c1cccc(C(=O)NCCCN(C)C)n1. The highest BCUT2D eigenvalue weighted by atomic mass is 16.5. The molecule has 0 aliphatic heterocycles. The van der Waals surface area contributed by atoms with Crippen LogP contribution >= 0.6 is 0 Å². The minimum atomic E-state index is -0.406. The number of ether oxygens (including phenoxy) is 1. The molecule has 0 aliphatic rings. The highest BCUT2D eigenvalue weighted by molar-refractivity contribution is 6.04. The molecule has 1 heterocycles. The van der Waals surface area contributed by atoms with Crippen molar-refractivity contribution in [3.63, 3.8) is 0 Å². The maximum Gasteiger partial charge on any atom is 0.274 e. The van der Waals surface area contributed by atoms with Gasteiger partial charge in [0, 0.05) is 6.54 Å². The van der Waals surface area contributed by atoms with Crippen molar-refractivity contribution in [2.45, 2.75) is 6.42 Å². The van der Waals surface area contributed by atoms with E-state index in [0.29, 0.717) is 18.0 Å². The van der Waals surface area contributed by atoms with Crippen molar-refractivity contribution >= 4 is 17.5 Å². The van der Waals surface area contributed by atoms with Crippen molar-refractivity contribution in [3.05, 3.63) is 53.9 Å². The second-order valence-electron chi connectivity index (χ2n) is 5.98. The molecule has 0 bridgehead atoms. The summed E-state index contributed by atoms with van der Waals surface area (Å²) in [5.41, 5.74) is 0.916. The van der Waals surface area contributed by atoms with E-state index in [1.807, 2.05) is 25.1 Å². The Morgan fingerprint density at radius 2 is 1.73 bits per heavy atom. The number of amides is 2. The number of hydrogen-bond donors (Lipinski definition) is 2. The normalized spacial score (nSPS) is 10.5. The van der Waals surface area contributed by atoms with Crippen molar-refractivity contribution in [2.75, 3.05) is 39.6 Å². The molecule has 0 unspecified atom stereocenters. The van der Waals surface area contributed by atoms with Crippen molar-refractivity contribution in [1.82, 2.24) is 15.2 Å². The molecule has 0 aliphatic carbocycles. The van der Waals surface area contributed by atoms with Gasteiger partial charge in [-0.15, -0.1) is 0 Å². The highest BCUT2D eigenvalue weighted by Gasteiger charge is 2.13. The number of pyridine rings is 1. The third-order valence-electron chi connectivity index (χ3n) is 3.64. The van der Waals surface area contributed by atoms with Gasteiger partial charge in [0.25, 0.3) is 11.8 Å². The van der Waals surface area contributed by atoms with Gasteiger partial charge in [-0.25, -0.2) is 4.98 Å². The molecule has 0 saturated heterocycles. The molecule has 1 aromatic carbocycles. The van der Waals surface area contributed by atoms with E-state index in [1.165, 1.54) is 7.11 Å². The van der Waals surface area contributed by atoms with Crippen LogP contribution < -0.4 is 15.4 Å². The molecular formula is C19H24N4O3. The molecule has 0 spiro atoms. The summed E-state index contributed by atoms with van der Waals surface area (Å²) in [4.78, 5) is 30.8. The van der Waals surface area contributed by atoms with E-state index in [4.69, 9.17) is 4.74 Å². The van der Waals surface area contributed by atoms with Crippen LogP contribution in [-0.4, -0.2) is 56.0 Å². The quantitative estimate of drug-likeness (QED) is 0.707. The van der Waals surface area contributed by atoms with Crippen LogP contribution in [0.15, 0.2) is 42.5 Å². The van der Waals surface area contributed by atoms with Gasteiger partial charge in [-0.05, 0) is 51.3 Å². The van der Waals surface area contributed by atoms with Gasteiger partial charge in [-0.2, -0.15) is 0 Å². The lowest BCUT2D eigenvalue weighted by molar-refractivity contribution is 0.0947. The number of rotatable bonds is 8. The van der Waals surface area contributed by atoms with Gasteiger partial charge in [-0.1, -0.05) is 18.2 Å². The summed E-state index contributed by atoms with van der Waals surface area (Å²) < 4.78 is 5.21. The van der Waals surface area contributed by atoms with Crippen LogP contribution in [0, 0.1) is 0 Å². The fourth-order valence-electron chi connectivity index (χ4n) is 2.31. The Labute approximate surface area is 153 Å². The van der Waals surface area contributed by atoms with Crippen LogP contribution in [0.25, 0.3) is 0 Å². The van der Waals surface area contributed by atoms with E-state index in [9.17, 15) is 9.59 Å². The Bertz CT molecular complexity index is 762. The second-order valence-corrected chi connectivity index (χ2v) is 5.98. The van der Waals surface area contributed by atoms with Crippen molar-refractivity contribution in [2.24, 2.45) is 0 Å². The summed E-state index contributed by atoms with van der Waals surface area (Å²) in [6, 6.07) is 11.9. The molecule has 0 fully saturated rings. The molecule has 2 amide bonds. The number of para-hydroxylation sites is 2. The summed E-state index contributed by atoms with van der Waals surface area (Å²) in [6.07, 6.45) is 0.840. The van der Waals surface area contributed by atoms with Gasteiger partial charge >= 0.3 is 0 Å². The van der Waals surface area contributed by atoms with Crippen LogP contribution in [0.3, 0.4) is 0 Å². The molecule has 138 valence electrons. The maximum absolute atomic E-state index is 12.4. The largest absolute Gasteiger partial charge is 0.495 e. The zero-order chi connectivity index (χ0) is 18.9. The molecule has 1 aromatic heterocycles. The molecule has 0 radical (unpaired) electrons. The third-order valence-corrected chi connectivity index (χ3v) is 3.64. The lowest BCUT2D eigenvalue weighted by Gasteiger charge is -2.11. The molecule has 0 saturated carbocycles. The highest BCUT2D eigenvalue weighted by Crippen LogP contribution is 2.23. The Balaban J connectivity index is 2.01. The molecule has 7 nitrogen and oxygen atoms in total. The van der Waals surface area contributed by atoms with E-state index < -0.39 is 5.91 Å². The van der Waals surface area contributed by atoms with E-state index in [2.05, 4.69) is 15.6 Å². The van der Waals surface area contributed by atoms with Crippen LogP contribution in [-0.2, 0) is 0 Å².